The van der Waals surface area contributed by atoms with E-state index in [2.05, 4.69) is 10.6 Å². The molecule has 0 unspecified atom stereocenters. The van der Waals surface area contributed by atoms with Crippen molar-refractivity contribution >= 4 is 5.91 Å². The second kappa shape index (κ2) is 20.0. The highest BCUT2D eigenvalue weighted by molar-refractivity contribution is 5.82. The van der Waals surface area contributed by atoms with Crippen LogP contribution in [0, 0.1) is 0 Å². The standard InChI is InChI=1S/C30H58F2N8O15/c31-30(32,8-35)25(48)26(49)40-10-4-9(36)22(53-28-15(38)20(46)18(44)12(51-28)6-39-3-1-2-33)24(16(10)42)55-29-21(47)23(13(7-41)52-29)54-27-14(37)19(45)17(43)11(5-34)50-27/h9-25,27-29,39,41-48H,1-8,33-38H2,(H,40,49)/t9-,10+,11-,12+,13+,14+,15+,16-,17+,18+,19+,20+,21+,22+,23+,24+,25+,27+,28+,29-/m0/s1. The summed E-state index contributed by atoms with van der Waals surface area (Å²) in [6, 6.07) is -5.53. The maximum absolute atomic E-state index is 14.1. The molecule has 0 aromatic carbocycles. The maximum atomic E-state index is 14.1. The number of alkyl halides is 2. The van der Waals surface area contributed by atoms with Gasteiger partial charge in [0.15, 0.2) is 25.0 Å². The highest BCUT2D eigenvalue weighted by atomic mass is 19.3. The van der Waals surface area contributed by atoms with Gasteiger partial charge in [-0.15, -0.1) is 0 Å². The summed E-state index contributed by atoms with van der Waals surface area (Å²) >= 11 is 0. The lowest BCUT2D eigenvalue weighted by atomic mass is 9.83. The second-order valence-electron chi connectivity index (χ2n) is 14.2. The monoisotopic (exact) mass is 808 g/mol. The Hall–Kier alpha value is -1.51. The lowest BCUT2D eigenvalue weighted by Gasteiger charge is -2.48. The summed E-state index contributed by atoms with van der Waals surface area (Å²) in [4.78, 5) is 12.7. The Labute approximate surface area is 314 Å². The number of nitrogens with one attached hydrogen (secondary N) is 2. The van der Waals surface area contributed by atoms with Crippen molar-refractivity contribution in [2.24, 2.45) is 34.4 Å². The van der Waals surface area contributed by atoms with Crippen LogP contribution in [0.2, 0.25) is 0 Å². The van der Waals surface area contributed by atoms with E-state index in [-0.39, 0.29) is 19.5 Å². The van der Waals surface area contributed by atoms with Crippen LogP contribution < -0.4 is 45.0 Å². The number of hydrogen-bond acceptors (Lipinski definition) is 22. The van der Waals surface area contributed by atoms with Crippen LogP contribution in [0.1, 0.15) is 12.8 Å². The predicted octanol–water partition coefficient (Wildman–Crippen LogP) is -9.80. The van der Waals surface area contributed by atoms with E-state index < -0.39 is 147 Å². The van der Waals surface area contributed by atoms with E-state index in [0.717, 1.165) is 0 Å². The molecule has 3 saturated heterocycles. The molecule has 23 nitrogen and oxygen atoms in total. The second-order valence-corrected chi connectivity index (χ2v) is 14.2. The van der Waals surface area contributed by atoms with Gasteiger partial charge < -0.3 is 114 Å². The maximum Gasteiger partial charge on any atom is 0.294 e. The number of halogens is 2. The first-order valence-corrected chi connectivity index (χ1v) is 18.0. The molecule has 1 aliphatic carbocycles. The molecule has 4 aliphatic rings. The zero-order chi connectivity index (χ0) is 40.9. The number of amides is 1. The Morgan fingerprint density at radius 3 is 1.87 bits per heavy atom. The Balaban J connectivity index is 1.59. The van der Waals surface area contributed by atoms with E-state index in [4.69, 9.17) is 62.8 Å². The molecule has 1 amide bonds. The molecule has 0 spiro atoms. The minimum absolute atomic E-state index is 0.0242. The number of nitrogens with two attached hydrogens (primary N) is 6. The van der Waals surface area contributed by atoms with Gasteiger partial charge >= 0.3 is 0 Å². The summed E-state index contributed by atoms with van der Waals surface area (Å²) in [6.07, 6.45) is -25.7. The minimum Gasteiger partial charge on any atom is -0.394 e. The molecule has 0 aromatic rings. The van der Waals surface area contributed by atoms with Crippen LogP contribution in [-0.2, 0) is 33.2 Å². The predicted molar refractivity (Wildman–Crippen MR) is 180 cm³/mol. The van der Waals surface area contributed by atoms with Crippen molar-refractivity contribution in [3.8, 4) is 0 Å². The normalized spacial score (nSPS) is 44.7. The zero-order valence-corrected chi connectivity index (χ0v) is 29.9. The fraction of sp³-hybridized carbons (Fsp3) is 0.967. The lowest BCUT2D eigenvalue weighted by molar-refractivity contribution is -0.308. The van der Waals surface area contributed by atoms with Crippen molar-refractivity contribution in [1.82, 2.24) is 10.6 Å². The van der Waals surface area contributed by atoms with Crippen molar-refractivity contribution in [3.05, 3.63) is 0 Å². The molecule has 1 saturated carbocycles. The van der Waals surface area contributed by atoms with E-state index in [1.807, 2.05) is 0 Å². The van der Waals surface area contributed by atoms with Crippen LogP contribution in [-0.4, -0.2) is 214 Å². The van der Waals surface area contributed by atoms with Gasteiger partial charge in [-0.3, -0.25) is 4.79 Å². The average molecular weight is 809 g/mol. The van der Waals surface area contributed by atoms with E-state index in [1.165, 1.54) is 0 Å². The Bertz CT molecular complexity index is 1210. The van der Waals surface area contributed by atoms with Gasteiger partial charge in [0.1, 0.15) is 73.2 Å². The van der Waals surface area contributed by atoms with Crippen LogP contribution in [0.4, 0.5) is 8.78 Å². The van der Waals surface area contributed by atoms with Crippen molar-refractivity contribution in [3.63, 3.8) is 0 Å². The van der Waals surface area contributed by atoms with Crippen molar-refractivity contribution in [2.75, 3.05) is 39.3 Å². The van der Waals surface area contributed by atoms with E-state index in [1.54, 1.807) is 0 Å². The third kappa shape index (κ3) is 10.4. The number of ether oxygens (including phenoxy) is 6. The van der Waals surface area contributed by atoms with Crippen molar-refractivity contribution < 1.29 is 82.8 Å². The molecular weight excluding hydrogens is 750 g/mol. The Kier molecular flexibility index (Phi) is 16.8. The van der Waals surface area contributed by atoms with Gasteiger partial charge in [-0.1, -0.05) is 0 Å². The van der Waals surface area contributed by atoms with E-state index in [0.29, 0.717) is 19.5 Å². The molecule has 3 aliphatic heterocycles. The van der Waals surface area contributed by atoms with Gasteiger partial charge in [0.05, 0.1) is 31.3 Å². The van der Waals surface area contributed by atoms with E-state index >= 15 is 0 Å². The van der Waals surface area contributed by atoms with Gasteiger partial charge in [0.25, 0.3) is 11.8 Å². The third-order valence-corrected chi connectivity index (χ3v) is 10.2. The van der Waals surface area contributed by atoms with Crippen LogP contribution >= 0.6 is 0 Å². The van der Waals surface area contributed by atoms with Crippen molar-refractivity contribution in [2.45, 2.75) is 141 Å². The molecule has 4 rings (SSSR count). The highest BCUT2D eigenvalue weighted by Crippen LogP contribution is 2.35. The van der Waals surface area contributed by atoms with Gasteiger partial charge in [0.2, 0.25) is 0 Å². The molecule has 22 N–H and O–H groups in total. The van der Waals surface area contributed by atoms with Gasteiger partial charge in [0, 0.05) is 19.1 Å². The summed E-state index contributed by atoms with van der Waals surface area (Å²) in [7, 11) is 0. The van der Waals surface area contributed by atoms with Crippen LogP contribution in [0.25, 0.3) is 0 Å². The zero-order valence-electron chi connectivity index (χ0n) is 29.9. The number of rotatable bonds is 17. The topological polar surface area (TPSA) is 414 Å². The SMILES string of the molecule is NCCCNC[C@H]1O[C@H](O[C@H]2[C@H](O[C@@H]3O[C@H](CO)[C@@H](O[C@H]4O[C@@H](CN)[C@@H](O)[C@H](O)[C@H]4N)[C@H]3O)[C@@H](O)[C@H](NC(=O)[C@@H](O)C(F)(F)CN)C[C@@H]2N)[C@H](N)[C@@H](O)[C@@H]1O. The van der Waals surface area contributed by atoms with Crippen LogP contribution in [0.3, 0.4) is 0 Å². The molecule has 55 heavy (non-hydrogen) atoms. The number of hydrogen-bond donors (Lipinski definition) is 16. The third-order valence-electron chi connectivity index (χ3n) is 10.2. The summed E-state index contributed by atoms with van der Waals surface area (Å²) in [5.74, 6) is -5.65. The first-order chi connectivity index (χ1) is 25.9. The van der Waals surface area contributed by atoms with Crippen molar-refractivity contribution in [1.29, 1.82) is 0 Å². The molecular formula is C30H58F2N8O15. The largest absolute Gasteiger partial charge is 0.394 e. The molecule has 3 heterocycles. The fourth-order valence-electron chi connectivity index (χ4n) is 6.86. The minimum atomic E-state index is -4.04. The van der Waals surface area contributed by atoms with Gasteiger partial charge in [-0.05, 0) is 25.9 Å². The number of carbonyl (C=O) groups is 1. The molecule has 20 atom stereocenters. The summed E-state index contributed by atoms with van der Waals surface area (Å²) in [5, 5.41) is 90.2. The summed E-state index contributed by atoms with van der Waals surface area (Å²) in [6.45, 7) is -1.57. The molecule has 4 fully saturated rings. The van der Waals surface area contributed by atoms with Gasteiger partial charge in [-0.25, -0.2) is 8.78 Å². The summed E-state index contributed by atoms with van der Waals surface area (Å²) in [5.41, 5.74) is 34.8. The quantitative estimate of drug-likeness (QED) is 0.0607. The van der Waals surface area contributed by atoms with Crippen LogP contribution in [0.5, 0.6) is 0 Å². The first-order valence-electron chi connectivity index (χ1n) is 18.0. The molecule has 322 valence electrons. The lowest BCUT2D eigenvalue weighted by Crippen LogP contribution is -2.69. The van der Waals surface area contributed by atoms with E-state index in [9.17, 15) is 54.4 Å². The number of aliphatic hydroxyl groups excluding tert-OH is 8. The van der Waals surface area contributed by atoms with Gasteiger partial charge in [-0.2, -0.15) is 0 Å². The fourth-order valence-corrected chi connectivity index (χ4v) is 6.86. The number of aliphatic hydroxyl groups is 8. The molecule has 0 aromatic heterocycles. The number of carbonyl (C=O) groups excluding carboxylic acids is 1. The molecule has 0 bridgehead atoms. The molecule has 0 radical (unpaired) electrons. The van der Waals surface area contributed by atoms with Crippen LogP contribution in [0.15, 0.2) is 0 Å². The highest BCUT2D eigenvalue weighted by Gasteiger charge is 2.55. The molecule has 25 heteroatoms. The first kappa shape index (κ1) is 46.2. The average Bonchev–Trinajstić information content (AvgIpc) is 3.46. The Morgan fingerprint density at radius 1 is 0.764 bits per heavy atom. The Morgan fingerprint density at radius 2 is 1.31 bits per heavy atom. The summed E-state index contributed by atoms with van der Waals surface area (Å²) < 4.78 is 63.3. The smallest absolute Gasteiger partial charge is 0.294 e.